The van der Waals surface area contributed by atoms with Crippen LogP contribution < -0.4 is 10.2 Å². The number of rotatable bonds is 7. The average Bonchev–Trinajstić information content (AvgIpc) is 2.80. The summed E-state index contributed by atoms with van der Waals surface area (Å²) in [7, 11) is 0. The minimum absolute atomic E-state index is 0.0552. The van der Waals surface area contributed by atoms with E-state index in [0.29, 0.717) is 29.3 Å². The first-order chi connectivity index (χ1) is 16.4. The summed E-state index contributed by atoms with van der Waals surface area (Å²) in [6.45, 7) is 5.30. The molecule has 3 aromatic rings. The first-order valence-electron chi connectivity index (χ1n) is 11.6. The molecule has 6 nitrogen and oxygen atoms in total. The molecule has 1 fully saturated rings. The lowest BCUT2D eigenvalue weighted by molar-refractivity contribution is -0.118. The fraction of sp³-hybridized carbons (Fsp3) is 0.333. The van der Waals surface area contributed by atoms with Gasteiger partial charge in [0.15, 0.2) is 0 Å². The highest BCUT2D eigenvalue weighted by Crippen LogP contribution is 2.26. The molecular formula is C27H29FN4O2. The molecule has 0 saturated carbocycles. The van der Waals surface area contributed by atoms with E-state index in [2.05, 4.69) is 20.2 Å². The molecule has 1 saturated heterocycles. The molecule has 176 valence electrons. The normalized spacial score (nSPS) is 14.1. The minimum Gasteiger partial charge on any atom is -0.370 e. The van der Waals surface area contributed by atoms with E-state index < -0.39 is 0 Å². The molecule has 7 heteroatoms. The number of hydrogen-bond acceptors (Lipinski definition) is 5. The molecule has 2 aromatic heterocycles. The van der Waals surface area contributed by atoms with Crippen LogP contribution in [0, 0.1) is 18.7 Å². The zero-order valence-corrected chi connectivity index (χ0v) is 19.6. The largest absolute Gasteiger partial charge is 0.370 e. The number of aryl methyl sites for hydroxylation is 1. The van der Waals surface area contributed by atoms with Crippen LogP contribution in [-0.2, 0) is 16.0 Å². The second kappa shape index (κ2) is 10.5. The van der Waals surface area contributed by atoms with Gasteiger partial charge < -0.3 is 15.0 Å². The fourth-order valence-electron chi connectivity index (χ4n) is 4.44. The van der Waals surface area contributed by atoms with Crippen molar-refractivity contribution in [1.82, 2.24) is 9.97 Å². The van der Waals surface area contributed by atoms with Crippen molar-refractivity contribution >= 4 is 23.2 Å². The number of halogens is 1. The summed E-state index contributed by atoms with van der Waals surface area (Å²) >= 11 is 0. The van der Waals surface area contributed by atoms with Gasteiger partial charge >= 0.3 is 0 Å². The average molecular weight is 461 g/mol. The van der Waals surface area contributed by atoms with Crippen molar-refractivity contribution in [3.8, 4) is 11.1 Å². The quantitative estimate of drug-likeness (QED) is 0.539. The number of carbonyl (C=O) groups excluding carboxylic acids is 2. The van der Waals surface area contributed by atoms with Crippen LogP contribution in [0.4, 0.5) is 15.9 Å². The summed E-state index contributed by atoms with van der Waals surface area (Å²) in [5.74, 6) is 0.558. The van der Waals surface area contributed by atoms with Gasteiger partial charge in [-0.2, -0.15) is 0 Å². The fourth-order valence-corrected chi connectivity index (χ4v) is 4.44. The highest BCUT2D eigenvalue weighted by atomic mass is 19.1. The van der Waals surface area contributed by atoms with Gasteiger partial charge in [-0.15, -0.1) is 0 Å². The van der Waals surface area contributed by atoms with Gasteiger partial charge in [0.1, 0.15) is 17.4 Å². The van der Waals surface area contributed by atoms with Crippen LogP contribution in [0.25, 0.3) is 11.1 Å². The minimum atomic E-state index is -0.370. The Labute approximate surface area is 199 Å². The lowest BCUT2D eigenvalue weighted by Gasteiger charge is -2.33. The van der Waals surface area contributed by atoms with Crippen LogP contribution in [0.15, 0.2) is 54.9 Å². The van der Waals surface area contributed by atoms with E-state index in [0.717, 1.165) is 42.9 Å². The van der Waals surface area contributed by atoms with Gasteiger partial charge in [0.2, 0.25) is 5.91 Å². The summed E-state index contributed by atoms with van der Waals surface area (Å²) in [5, 5.41) is 2.79. The maximum Gasteiger partial charge on any atom is 0.229 e. The predicted octanol–water partition coefficient (Wildman–Crippen LogP) is 4.97. The first-order valence-corrected chi connectivity index (χ1v) is 11.6. The number of Topliss-reactive ketones (excluding diaryl/α,β-unsaturated/α-hetero) is 1. The summed E-state index contributed by atoms with van der Waals surface area (Å²) in [5.41, 5.74) is 3.65. The molecule has 4 rings (SSSR count). The van der Waals surface area contributed by atoms with Crippen molar-refractivity contribution < 1.29 is 14.0 Å². The number of nitrogens with zero attached hydrogens (tertiary/aromatic N) is 3. The Morgan fingerprint density at radius 1 is 1.09 bits per heavy atom. The van der Waals surface area contributed by atoms with Gasteiger partial charge in [0, 0.05) is 37.0 Å². The second-order valence-corrected chi connectivity index (χ2v) is 8.96. The second-order valence-electron chi connectivity index (χ2n) is 8.96. The monoisotopic (exact) mass is 460 g/mol. The zero-order chi connectivity index (χ0) is 24.1. The molecule has 1 amide bonds. The molecular weight excluding hydrogens is 431 g/mol. The number of ketones is 1. The maximum absolute atomic E-state index is 14.7. The Morgan fingerprint density at radius 3 is 2.53 bits per heavy atom. The maximum atomic E-state index is 14.7. The van der Waals surface area contributed by atoms with Gasteiger partial charge in [-0.1, -0.05) is 12.1 Å². The highest BCUT2D eigenvalue weighted by molar-refractivity contribution is 5.91. The van der Waals surface area contributed by atoms with Gasteiger partial charge in [-0.3, -0.25) is 9.78 Å². The van der Waals surface area contributed by atoms with Gasteiger partial charge in [-0.25, -0.2) is 9.37 Å². The summed E-state index contributed by atoms with van der Waals surface area (Å²) < 4.78 is 14.7. The van der Waals surface area contributed by atoms with Gasteiger partial charge in [0.05, 0.1) is 18.3 Å². The lowest BCUT2D eigenvalue weighted by atomic mass is 9.92. The van der Waals surface area contributed by atoms with Crippen LogP contribution in [0.2, 0.25) is 0 Å². The molecule has 34 heavy (non-hydrogen) atoms. The molecule has 3 heterocycles. The number of aromatic nitrogens is 2. The van der Waals surface area contributed by atoms with E-state index in [1.807, 2.05) is 19.1 Å². The Bertz CT molecular complexity index is 1170. The van der Waals surface area contributed by atoms with Crippen molar-refractivity contribution in [3.63, 3.8) is 0 Å². The molecule has 0 spiro atoms. The number of anilines is 2. The number of amides is 1. The summed E-state index contributed by atoms with van der Waals surface area (Å²) in [6, 6.07) is 12.2. The van der Waals surface area contributed by atoms with Crippen LogP contribution in [0.3, 0.4) is 0 Å². The Kier molecular flexibility index (Phi) is 7.30. The molecule has 1 aliphatic rings. The van der Waals surface area contributed by atoms with Crippen molar-refractivity contribution in [3.05, 3.63) is 71.9 Å². The predicted molar refractivity (Wildman–Crippen MR) is 131 cm³/mol. The number of carbonyl (C=O) groups is 2. The number of nitrogens with one attached hydrogen (secondary N) is 1. The lowest BCUT2D eigenvalue weighted by Crippen LogP contribution is -2.34. The van der Waals surface area contributed by atoms with E-state index in [1.165, 1.54) is 6.07 Å². The molecule has 1 aliphatic heterocycles. The highest BCUT2D eigenvalue weighted by Gasteiger charge is 2.20. The van der Waals surface area contributed by atoms with Crippen molar-refractivity contribution in [2.45, 2.75) is 39.5 Å². The molecule has 0 radical (unpaired) electrons. The number of hydrogen-bond donors (Lipinski definition) is 1. The SMILES string of the molecule is CC(=O)CC1CCN(c2ccc(NC(=O)Cc3ccc(-c4ccnc(C)c4)c(F)c3)nc2)CC1. The van der Waals surface area contributed by atoms with E-state index in [-0.39, 0.29) is 23.9 Å². The number of benzene rings is 1. The summed E-state index contributed by atoms with van der Waals surface area (Å²) in [6.07, 6.45) is 6.11. The van der Waals surface area contributed by atoms with E-state index in [1.54, 1.807) is 43.6 Å². The van der Waals surface area contributed by atoms with Crippen LogP contribution in [-0.4, -0.2) is 34.7 Å². The summed E-state index contributed by atoms with van der Waals surface area (Å²) in [4.78, 5) is 34.6. The van der Waals surface area contributed by atoms with E-state index >= 15 is 0 Å². The first kappa shape index (κ1) is 23.5. The molecule has 0 aliphatic carbocycles. The molecule has 0 bridgehead atoms. The molecule has 1 N–H and O–H groups in total. The smallest absolute Gasteiger partial charge is 0.229 e. The number of piperidine rings is 1. The Hall–Kier alpha value is -3.61. The Morgan fingerprint density at radius 2 is 1.88 bits per heavy atom. The zero-order valence-electron chi connectivity index (χ0n) is 19.6. The standard InChI is InChI=1S/C27H29FN4O2/c1-18-13-22(7-10-29-18)24-5-3-21(15-25(24)28)16-27(34)31-26-6-4-23(17-30-26)32-11-8-20(9-12-32)14-19(2)33/h3-7,10,13,15,17,20H,8-9,11-12,14,16H2,1-2H3,(H,30,31,34). The third kappa shape index (κ3) is 6.04. The number of pyridine rings is 2. The Balaban J connectivity index is 1.32. The van der Waals surface area contributed by atoms with Crippen LogP contribution in [0.5, 0.6) is 0 Å². The third-order valence-electron chi connectivity index (χ3n) is 6.18. The molecule has 0 atom stereocenters. The van der Waals surface area contributed by atoms with Gasteiger partial charge in [0.25, 0.3) is 0 Å². The van der Waals surface area contributed by atoms with Crippen LogP contribution >= 0.6 is 0 Å². The van der Waals surface area contributed by atoms with Crippen molar-refractivity contribution in [1.29, 1.82) is 0 Å². The van der Waals surface area contributed by atoms with Crippen molar-refractivity contribution in [2.24, 2.45) is 5.92 Å². The molecule has 1 aromatic carbocycles. The molecule has 0 unspecified atom stereocenters. The van der Waals surface area contributed by atoms with E-state index in [9.17, 15) is 14.0 Å². The van der Waals surface area contributed by atoms with E-state index in [4.69, 9.17) is 0 Å². The van der Waals surface area contributed by atoms with Crippen molar-refractivity contribution in [2.75, 3.05) is 23.3 Å². The topological polar surface area (TPSA) is 75.2 Å². The van der Waals surface area contributed by atoms with Gasteiger partial charge in [-0.05, 0) is 74.1 Å². The third-order valence-corrected chi connectivity index (χ3v) is 6.18. The van der Waals surface area contributed by atoms with Crippen LogP contribution in [0.1, 0.15) is 37.4 Å².